The van der Waals surface area contributed by atoms with Gasteiger partial charge in [-0.1, -0.05) is 26.7 Å². The minimum Gasteiger partial charge on any atom is -0.382 e. The smallest absolute Gasteiger partial charge is 0.280 e. The minimum atomic E-state index is -3.13. The molecule has 3 rings (SSSR count). The molecule has 0 amide bonds. The minimum absolute atomic E-state index is 0.364. The van der Waals surface area contributed by atoms with Crippen LogP contribution in [0.3, 0.4) is 0 Å². The number of aliphatic hydroxyl groups excluding tert-OH is 1. The number of H-pyrrole nitrogens is 1. The highest BCUT2D eigenvalue weighted by Crippen LogP contribution is 2.46. The van der Waals surface area contributed by atoms with Gasteiger partial charge in [-0.15, -0.1) is 0 Å². The van der Waals surface area contributed by atoms with Crippen LogP contribution in [0, 0.1) is 5.92 Å². The SMILES string of the molecule is CCCC(CCC)C(F)(F)C(O)c1c2c(cc3cn[nH]c13)CC2. The molecule has 0 saturated heterocycles. The number of nitrogens with one attached hydrogen (secondary N) is 1. The molecule has 1 aromatic heterocycles. The van der Waals surface area contributed by atoms with Crippen molar-refractivity contribution in [3.63, 3.8) is 0 Å². The van der Waals surface area contributed by atoms with Crippen molar-refractivity contribution in [3.8, 4) is 0 Å². The number of fused-ring (bicyclic) bond motifs is 2. The molecule has 5 heteroatoms. The van der Waals surface area contributed by atoms with Gasteiger partial charge in [0.15, 0.2) is 0 Å². The van der Waals surface area contributed by atoms with Crippen LogP contribution in [0.4, 0.5) is 8.78 Å². The maximum Gasteiger partial charge on any atom is 0.280 e. The molecule has 0 aliphatic heterocycles. The summed E-state index contributed by atoms with van der Waals surface area (Å²) in [7, 11) is 0. The molecular weight excluding hydrogens is 298 g/mol. The second kappa shape index (κ2) is 6.19. The summed E-state index contributed by atoms with van der Waals surface area (Å²) in [6.45, 7) is 3.82. The van der Waals surface area contributed by atoms with E-state index in [9.17, 15) is 5.11 Å². The summed E-state index contributed by atoms with van der Waals surface area (Å²) < 4.78 is 30.1. The summed E-state index contributed by atoms with van der Waals surface area (Å²) in [6.07, 6.45) is 3.74. The second-order valence-corrected chi connectivity index (χ2v) is 6.61. The molecule has 126 valence electrons. The number of aryl methyl sites for hydroxylation is 1. The Kier molecular flexibility index (Phi) is 4.41. The highest BCUT2D eigenvalue weighted by atomic mass is 19.3. The Labute approximate surface area is 135 Å². The van der Waals surface area contributed by atoms with Gasteiger partial charge in [-0.25, -0.2) is 8.78 Å². The van der Waals surface area contributed by atoms with Crippen molar-refractivity contribution in [1.29, 1.82) is 0 Å². The van der Waals surface area contributed by atoms with E-state index >= 15 is 8.78 Å². The number of nitrogens with zero attached hydrogens (tertiary/aromatic N) is 1. The topological polar surface area (TPSA) is 48.9 Å². The van der Waals surface area contributed by atoms with Gasteiger partial charge >= 0.3 is 0 Å². The molecule has 0 radical (unpaired) electrons. The quantitative estimate of drug-likeness (QED) is 0.786. The lowest BCUT2D eigenvalue weighted by Crippen LogP contribution is -2.36. The third-order valence-corrected chi connectivity index (χ3v) is 5.08. The number of halogens is 2. The first-order valence-electron chi connectivity index (χ1n) is 8.54. The molecule has 0 fully saturated rings. The molecule has 23 heavy (non-hydrogen) atoms. The van der Waals surface area contributed by atoms with Crippen LogP contribution < -0.4 is 0 Å². The fraction of sp³-hybridized carbons (Fsp3) is 0.611. The van der Waals surface area contributed by atoms with Gasteiger partial charge in [0.1, 0.15) is 6.10 Å². The lowest BCUT2D eigenvalue weighted by molar-refractivity contribution is -0.154. The molecular formula is C18H24F2N2O. The first kappa shape index (κ1) is 16.4. The van der Waals surface area contributed by atoms with E-state index < -0.39 is 17.9 Å². The first-order valence-corrected chi connectivity index (χ1v) is 8.54. The summed E-state index contributed by atoms with van der Waals surface area (Å²) in [5.74, 6) is -3.92. The third-order valence-electron chi connectivity index (χ3n) is 5.08. The van der Waals surface area contributed by atoms with Crippen LogP contribution in [0.2, 0.25) is 0 Å². The number of aromatic nitrogens is 2. The van der Waals surface area contributed by atoms with Crippen LogP contribution in [0.5, 0.6) is 0 Å². The number of hydrogen-bond acceptors (Lipinski definition) is 2. The van der Waals surface area contributed by atoms with Gasteiger partial charge in [0.25, 0.3) is 5.92 Å². The zero-order valence-electron chi connectivity index (χ0n) is 13.7. The predicted octanol–water partition coefficient (Wildman–Crippen LogP) is 4.55. The van der Waals surface area contributed by atoms with Crippen LogP contribution in [-0.4, -0.2) is 21.2 Å². The van der Waals surface area contributed by atoms with Gasteiger partial charge < -0.3 is 5.11 Å². The van der Waals surface area contributed by atoms with Crippen molar-refractivity contribution in [3.05, 3.63) is 29.0 Å². The van der Waals surface area contributed by atoms with E-state index in [0.29, 0.717) is 36.8 Å². The molecule has 0 saturated carbocycles. The largest absolute Gasteiger partial charge is 0.382 e. The average molecular weight is 322 g/mol. The van der Waals surface area contributed by atoms with Gasteiger partial charge in [0, 0.05) is 16.9 Å². The fourth-order valence-corrected chi connectivity index (χ4v) is 3.76. The molecule has 1 heterocycles. The van der Waals surface area contributed by atoms with Crippen LogP contribution >= 0.6 is 0 Å². The van der Waals surface area contributed by atoms with E-state index in [-0.39, 0.29) is 0 Å². The molecule has 2 N–H and O–H groups in total. The molecule has 2 aromatic rings. The summed E-state index contributed by atoms with van der Waals surface area (Å²) in [5.41, 5.74) is 2.86. The lowest BCUT2D eigenvalue weighted by Gasteiger charge is -2.34. The van der Waals surface area contributed by atoms with Gasteiger partial charge in [-0.2, -0.15) is 5.10 Å². The van der Waals surface area contributed by atoms with Gasteiger partial charge in [-0.05, 0) is 42.9 Å². The molecule has 1 aromatic carbocycles. The van der Waals surface area contributed by atoms with Gasteiger partial charge in [-0.3, -0.25) is 5.10 Å². The number of benzene rings is 1. The van der Waals surface area contributed by atoms with Crippen molar-refractivity contribution >= 4 is 10.9 Å². The monoisotopic (exact) mass is 322 g/mol. The summed E-state index contributed by atoms with van der Waals surface area (Å²) >= 11 is 0. The molecule has 3 nitrogen and oxygen atoms in total. The van der Waals surface area contributed by atoms with Crippen LogP contribution in [-0.2, 0) is 12.8 Å². The number of hydrogen-bond donors (Lipinski definition) is 2. The highest BCUT2D eigenvalue weighted by Gasteiger charge is 2.48. The maximum absolute atomic E-state index is 15.0. The zero-order chi connectivity index (χ0) is 16.6. The Hall–Kier alpha value is -1.49. The Morgan fingerprint density at radius 1 is 1.26 bits per heavy atom. The van der Waals surface area contributed by atoms with E-state index in [2.05, 4.69) is 10.2 Å². The normalized spacial score (nSPS) is 15.7. The Balaban J connectivity index is 2.03. The van der Waals surface area contributed by atoms with Crippen molar-refractivity contribution in [1.82, 2.24) is 10.2 Å². The molecule has 0 spiro atoms. The molecule has 1 atom stereocenters. The van der Waals surface area contributed by atoms with Crippen LogP contribution in [0.25, 0.3) is 10.9 Å². The first-order chi connectivity index (χ1) is 11.0. The van der Waals surface area contributed by atoms with E-state index in [1.165, 1.54) is 0 Å². The zero-order valence-corrected chi connectivity index (χ0v) is 13.7. The van der Waals surface area contributed by atoms with E-state index in [4.69, 9.17) is 0 Å². The standard InChI is InChI=1S/C18H24F2N2O/c1-3-5-13(6-4-2)18(19,20)17(23)15-14-8-7-11(14)9-12-10-21-22-16(12)15/h9-10,13,17,23H,3-8H2,1-2H3,(H,21,22). The number of rotatable bonds is 7. The summed E-state index contributed by atoms with van der Waals surface area (Å²) in [5, 5.41) is 18.2. The lowest BCUT2D eigenvalue weighted by atomic mass is 9.78. The number of alkyl halides is 2. The average Bonchev–Trinajstić information content (AvgIpc) is 2.96. The Morgan fingerprint density at radius 3 is 2.52 bits per heavy atom. The number of aliphatic hydroxyl groups is 1. The van der Waals surface area contributed by atoms with E-state index in [1.54, 1.807) is 6.20 Å². The molecule has 1 aliphatic carbocycles. The highest BCUT2D eigenvalue weighted by molar-refractivity contribution is 5.85. The summed E-state index contributed by atoms with van der Waals surface area (Å²) in [6, 6.07) is 1.99. The maximum atomic E-state index is 15.0. The summed E-state index contributed by atoms with van der Waals surface area (Å²) in [4.78, 5) is 0. The van der Waals surface area contributed by atoms with E-state index in [0.717, 1.165) is 29.4 Å². The van der Waals surface area contributed by atoms with Crippen LogP contribution in [0.15, 0.2) is 12.3 Å². The van der Waals surface area contributed by atoms with E-state index in [1.807, 2.05) is 19.9 Å². The molecule has 1 aliphatic rings. The van der Waals surface area contributed by atoms with Crippen molar-refractivity contribution in [2.75, 3.05) is 0 Å². The predicted molar refractivity (Wildman–Crippen MR) is 86.7 cm³/mol. The second-order valence-electron chi connectivity index (χ2n) is 6.61. The van der Waals surface area contributed by atoms with Crippen LogP contribution in [0.1, 0.15) is 62.3 Å². The van der Waals surface area contributed by atoms with Gasteiger partial charge in [0.05, 0.1) is 11.7 Å². The van der Waals surface area contributed by atoms with Crippen molar-refractivity contribution < 1.29 is 13.9 Å². The Bertz CT molecular complexity index is 690. The van der Waals surface area contributed by atoms with Gasteiger partial charge in [0.2, 0.25) is 0 Å². The molecule has 0 bridgehead atoms. The molecule has 1 unspecified atom stereocenters. The third kappa shape index (κ3) is 2.65. The fourth-order valence-electron chi connectivity index (χ4n) is 3.76. The van der Waals surface area contributed by atoms with Crippen molar-refractivity contribution in [2.45, 2.75) is 64.4 Å². The Morgan fingerprint density at radius 2 is 1.96 bits per heavy atom. The van der Waals surface area contributed by atoms with Crippen molar-refractivity contribution in [2.24, 2.45) is 5.92 Å². The number of aromatic amines is 1.